The van der Waals surface area contributed by atoms with E-state index in [4.69, 9.17) is 11.6 Å². The molecule has 0 N–H and O–H groups in total. The number of hydrogen-bond donors (Lipinski definition) is 0. The molecule has 188 valence electrons. The summed E-state index contributed by atoms with van der Waals surface area (Å²) in [5.74, 6) is -0.317. The van der Waals surface area contributed by atoms with Gasteiger partial charge in [-0.1, -0.05) is 54.1 Å². The second-order valence-electron chi connectivity index (χ2n) is 8.99. The molecule has 1 aromatic heterocycles. The van der Waals surface area contributed by atoms with Gasteiger partial charge in [0.25, 0.3) is 15.9 Å². The van der Waals surface area contributed by atoms with Gasteiger partial charge in [0.1, 0.15) is 0 Å². The standard InChI is InChI=1S/C26H28ClN5O3S/c1-29-19-24(26(33)31-12-10-21(11-13-31)20-6-3-2-4-7-20)25(28-29)36(34,35)32-16-14-30(15-17-32)23-9-5-8-22(27)18-23/h2-10,18-19H,11-17H2,1H3. The monoisotopic (exact) mass is 525 g/mol. The van der Waals surface area contributed by atoms with E-state index in [1.54, 1.807) is 11.9 Å². The summed E-state index contributed by atoms with van der Waals surface area (Å²) in [5, 5.41) is 4.68. The van der Waals surface area contributed by atoms with Crippen molar-refractivity contribution in [3.63, 3.8) is 0 Å². The lowest BCUT2D eigenvalue weighted by molar-refractivity contribution is 0.0768. The highest BCUT2D eigenvalue weighted by molar-refractivity contribution is 7.89. The first-order valence-corrected chi connectivity index (χ1v) is 13.7. The molecule has 3 aromatic rings. The van der Waals surface area contributed by atoms with Gasteiger partial charge >= 0.3 is 0 Å². The molecular weight excluding hydrogens is 498 g/mol. The van der Waals surface area contributed by atoms with Crippen LogP contribution in [0.5, 0.6) is 0 Å². The minimum absolute atomic E-state index is 0.117. The van der Waals surface area contributed by atoms with Crippen LogP contribution in [0.3, 0.4) is 0 Å². The number of amides is 1. The Morgan fingerprint density at radius 2 is 1.72 bits per heavy atom. The Labute approximate surface area is 216 Å². The van der Waals surface area contributed by atoms with Crippen LogP contribution in [0, 0.1) is 0 Å². The molecule has 0 saturated carbocycles. The van der Waals surface area contributed by atoms with Crippen molar-refractivity contribution in [3.05, 3.63) is 83.0 Å². The number of halogens is 1. The second kappa shape index (κ2) is 10.1. The Kier molecular flexibility index (Phi) is 6.87. The van der Waals surface area contributed by atoms with E-state index in [1.807, 2.05) is 48.5 Å². The average Bonchev–Trinajstić information content (AvgIpc) is 3.31. The molecule has 2 aliphatic heterocycles. The highest BCUT2D eigenvalue weighted by Gasteiger charge is 2.36. The molecule has 10 heteroatoms. The Morgan fingerprint density at radius 1 is 0.972 bits per heavy atom. The first-order chi connectivity index (χ1) is 17.3. The zero-order valence-electron chi connectivity index (χ0n) is 20.0. The van der Waals surface area contributed by atoms with E-state index in [9.17, 15) is 13.2 Å². The zero-order chi connectivity index (χ0) is 25.3. The van der Waals surface area contributed by atoms with Crippen LogP contribution in [0.15, 0.2) is 71.9 Å². The van der Waals surface area contributed by atoms with Crippen LogP contribution in [0.2, 0.25) is 5.02 Å². The molecule has 0 atom stereocenters. The van der Waals surface area contributed by atoms with Gasteiger partial charge in [-0.15, -0.1) is 0 Å². The maximum Gasteiger partial charge on any atom is 0.263 e. The molecule has 1 amide bonds. The van der Waals surface area contributed by atoms with E-state index in [-0.39, 0.29) is 16.5 Å². The Morgan fingerprint density at radius 3 is 2.39 bits per heavy atom. The number of hydrogen-bond acceptors (Lipinski definition) is 5. The summed E-state index contributed by atoms with van der Waals surface area (Å²) in [6.07, 6.45) is 4.26. The van der Waals surface area contributed by atoms with Crippen molar-refractivity contribution in [1.82, 2.24) is 19.0 Å². The summed E-state index contributed by atoms with van der Waals surface area (Å²) < 4.78 is 30.0. The molecule has 0 unspecified atom stereocenters. The van der Waals surface area contributed by atoms with Gasteiger partial charge < -0.3 is 9.80 Å². The predicted molar refractivity (Wildman–Crippen MR) is 141 cm³/mol. The molecule has 0 spiro atoms. The van der Waals surface area contributed by atoms with E-state index in [0.717, 1.165) is 11.3 Å². The number of nitrogens with zero attached hydrogens (tertiary/aromatic N) is 5. The number of aromatic nitrogens is 2. The van der Waals surface area contributed by atoms with E-state index in [2.05, 4.69) is 22.1 Å². The van der Waals surface area contributed by atoms with Crippen molar-refractivity contribution in [2.45, 2.75) is 11.4 Å². The Balaban J connectivity index is 1.31. The first kappa shape index (κ1) is 24.5. The molecule has 8 nitrogen and oxygen atoms in total. The number of carbonyl (C=O) groups excluding carboxylic acids is 1. The molecule has 36 heavy (non-hydrogen) atoms. The lowest BCUT2D eigenvalue weighted by atomic mass is 9.99. The average molecular weight is 526 g/mol. The zero-order valence-corrected chi connectivity index (χ0v) is 21.6. The third-order valence-corrected chi connectivity index (χ3v) is 8.73. The number of piperazine rings is 1. The molecule has 0 radical (unpaired) electrons. The van der Waals surface area contributed by atoms with Gasteiger partial charge in [0, 0.05) is 63.2 Å². The number of anilines is 1. The summed E-state index contributed by atoms with van der Waals surface area (Å²) in [7, 11) is -2.30. The third-order valence-electron chi connectivity index (χ3n) is 6.66. The van der Waals surface area contributed by atoms with Crippen molar-refractivity contribution in [3.8, 4) is 0 Å². The van der Waals surface area contributed by atoms with Crippen LogP contribution in [0.4, 0.5) is 5.69 Å². The summed E-state index contributed by atoms with van der Waals surface area (Å²) in [4.78, 5) is 17.2. The SMILES string of the molecule is Cn1cc(C(=O)N2CC=C(c3ccccc3)CC2)c(S(=O)(=O)N2CCN(c3cccc(Cl)c3)CC2)n1. The quantitative estimate of drug-likeness (QED) is 0.509. The summed E-state index contributed by atoms with van der Waals surface area (Å²) >= 11 is 6.11. The van der Waals surface area contributed by atoms with Crippen LogP contribution in [-0.4, -0.2) is 72.6 Å². The third kappa shape index (κ3) is 4.91. The van der Waals surface area contributed by atoms with E-state index in [0.29, 0.717) is 50.7 Å². The van der Waals surface area contributed by atoms with Gasteiger partial charge in [-0.05, 0) is 35.8 Å². The molecular formula is C26H28ClN5O3S. The molecule has 0 aliphatic carbocycles. The maximum atomic E-state index is 13.6. The normalized spacial score (nSPS) is 17.2. The minimum atomic E-state index is -3.94. The number of aryl methyl sites for hydroxylation is 1. The molecule has 2 aliphatic rings. The topological polar surface area (TPSA) is 78.8 Å². The van der Waals surface area contributed by atoms with E-state index >= 15 is 0 Å². The highest BCUT2D eigenvalue weighted by atomic mass is 35.5. The second-order valence-corrected chi connectivity index (χ2v) is 11.3. The van der Waals surface area contributed by atoms with Crippen LogP contribution in [0.25, 0.3) is 5.57 Å². The molecule has 2 aromatic carbocycles. The van der Waals surface area contributed by atoms with Crippen molar-refractivity contribution in [2.24, 2.45) is 7.05 Å². The predicted octanol–water partition coefficient (Wildman–Crippen LogP) is 3.51. The van der Waals surface area contributed by atoms with Gasteiger partial charge in [-0.25, -0.2) is 8.42 Å². The van der Waals surface area contributed by atoms with E-state index < -0.39 is 10.0 Å². The fraction of sp³-hybridized carbons (Fsp3) is 0.308. The first-order valence-electron chi connectivity index (χ1n) is 11.9. The van der Waals surface area contributed by atoms with Crippen molar-refractivity contribution < 1.29 is 13.2 Å². The maximum absolute atomic E-state index is 13.6. The number of sulfonamides is 1. The van der Waals surface area contributed by atoms with Gasteiger partial charge in [-0.2, -0.15) is 9.40 Å². The number of carbonyl (C=O) groups is 1. The summed E-state index contributed by atoms with van der Waals surface area (Å²) in [5.41, 5.74) is 3.41. The van der Waals surface area contributed by atoms with Gasteiger partial charge in [0.05, 0.1) is 5.56 Å². The Hall–Kier alpha value is -3.14. The Bertz CT molecular complexity index is 1400. The fourth-order valence-corrected chi connectivity index (χ4v) is 6.45. The molecule has 3 heterocycles. The largest absolute Gasteiger partial charge is 0.369 e. The minimum Gasteiger partial charge on any atom is -0.369 e. The lowest BCUT2D eigenvalue weighted by Crippen LogP contribution is -2.49. The molecule has 5 rings (SSSR count). The molecule has 1 fully saturated rings. The van der Waals surface area contributed by atoms with Gasteiger partial charge in [-0.3, -0.25) is 9.48 Å². The number of rotatable bonds is 5. The summed E-state index contributed by atoms with van der Waals surface area (Å²) in [6, 6.07) is 17.6. The highest BCUT2D eigenvalue weighted by Crippen LogP contribution is 2.27. The lowest BCUT2D eigenvalue weighted by Gasteiger charge is -2.35. The van der Waals surface area contributed by atoms with E-state index in [1.165, 1.54) is 20.8 Å². The van der Waals surface area contributed by atoms with Crippen LogP contribution in [0.1, 0.15) is 22.3 Å². The van der Waals surface area contributed by atoms with Gasteiger partial charge in [0.15, 0.2) is 0 Å². The van der Waals surface area contributed by atoms with Crippen LogP contribution in [-0.2, 0) is 17.1 Å². The molecule has 0 bridgehead atoms. The van der Waals surface area contributed by atoms with Crippen LogP contribution < -0.4 is 4.90 Å². The van der Waals surface area contributed by atoms with Crippen molar-refractivity contribution >= 4 is 38.8 Å². The summed E-state index contributed by atoms with van der Waals surface area (Å²) in [6.45, 7) is 2.59. The van der Waals surface area contributed by atoms with Crippen molar-refractivity contribution in [2.75, 3.05) is 44.2 Å². The number of benzene rings is 2. The van der Waals surface area contributed by atoms with Crippen molar-refractivity contribution in [1.29, 1.82) is 0 Å². The van der Waals surface area contributed by atoms with Crippen LogP contribution >= 0.6 is 11.6 Å². The fourth-order valence-electron chi connectivity index (χ4n) is 4.73. The smallest absolute Gasteiger partial charge is 0.263 e. The van der Waals surface area contributed by atoms with Gasteiger partial charge in [0.2, 0.25) is 5.03 Å². The molecule has 1 saturated heterocycles.